The molecule has 2 N–H and O–H groups in total. The van der Waals surface area contributed by atoms with E-state index in [-0.39, 0.29) is 11.5 Å². The fraction of sp³-hybridized carbons (Fsp3) is 0.267. The van der Waals surface area contributed by atoms with Crippen molar-refractivity contribution in [3.05, 3.63) is 63.6 Å². The predicted molar refractivity (Wildman–Crippen MR) is 69.9 cm³/mol. The highest BCUT2D eigenvalue weighted by Crippen LogP contribution is 2.32. The van der Waals surface area contributed by atoms with Crippen molar-refractivity contribution < 1.29 is 5.11 Å². The van der Waals surface area contributed by atoms with Gasteiger partial charge in [-0.2, -0.15) is 0 Å². The summed E-state index contributed by atoms with van der Waals surface area (Å²) in [5.74, 6) is 0.608. The molecular formula is C15H15NO2. The minimum atomic E-state index is 0.0183. The molecule has 3 heteroatoms. The van der Waals surface area contributed by atoms with Gasteiger partial charge in [0, 0.05) is 11.8 Å². The number of phenolic OH excluding ortho intramolecular Hbond substituents is 1. The topological polar surface area (TPSA) is 53.1 Å². The third-order valence-corrected chi connectivity index (χ3v) is 3.71. The summed E-state index contributed by atoms with van der Waals surface area (Å²) in [6.07, 6.45) is 4.43. The lowest BCUT2D eigenvalue weighted by Gasteiger charge is -2.24. The van der Waals surface area contributed by atoms with Crippen molar-refractivity contribution in [3.63, 3.8) is 0 Å². The normalized spacial score (nSPS) is 18.3. The van der Waals surface area contributed by atoms with E-state index >= 15 is 0 Å². The van der Waals surface area contributed by atoms with Crippen molar-refractivity contribution in [1.82, 2.24) is 4.98 Å². The molecule has 0 aliphatic heterocycles. The molecule has 0 bridgehead atoms. The average Bonchev–Trinajstić information content (AvgIpc) is 2.39. The van der Waals surface area contributed by atoms with Gasteiger partial charge in [-0.25, -0.2) is 0 Å². The third-order valence-electron chi connectivity index (χ3n) is 3.71. The first-order valence-electron chi connectivity index (χ1n) is 6.22. The van der Waals surface area contributed by atoms with Crippen molar-refractivity contribution in [2.45, 2.75) is 25.2 Å². The van der Waals surface area contributed by atoms with E-state index in [0.29, 0.717) is 5.75 Å². The monoisotopic (exact) mass is 241 g/mol. The Labute approximate surface area is 105 Å². The number of rotatable bonds is 1. The largest absolute Gasteiger partial charge is 0.508 e. The molecule has 2 aromatic rings. The summed E-state index contributed by atoms with van der Waals surface area (Å²) in [7, 11) is 0. The van der Waals surface area contributed by atoms with Crippen LogP contribution in [0.25, 0.3) is 0 Å². The van der Waals surface area contributed by atoms with E-state index in [9.17, 15) is 9.90 Å². The van der Waals surface area contributed by atoms with E-state index in [2.05, 4.69) is 4.98 Å². The number of aryl methyl sites for hydroxylation is 1. The molecule has 0 radical (unpaired) electrons. The minimum Gasteiger partial charge on any atom is -0.508 e. The number of aromatic nitrogens is 1. The number of phenols is 1. The second-order valence-electron chi connectivity index (χ2n) is 4.85. The number of benzene rings is 1. The number of H-pyrrole nitrogens is 1. The Balaban J connectivity index is 1.94. The summed E-state index contributed by atoms with van der Waals surface area (Å²) < 4.78 is 0. The van der Waals surface area contributed by atoms with E-state index in [1.54, 1.807) is 12.3 Å². The van der Waals surface area contributed by atoms with Crippen molar-refractivity contribution in [1.29, 1.82) is 0 Å². The number of hydrogen-bond acceptors (Lipinski definition) is 2. The zero-order chi connectivity index (χ0) is 12.5. The second kappa shape index (κ2) is 4.33. The lowest BCUT2D eigenvalue weighted by molar-refractivity contribution is 0.472. The molecule has 0 fully saturated rings. The number of aromatic hydroxyl groups is 1. The molecule has 0 amide bonds. The Morgan fingerprint density at radius 3 is 2.94 bits per heavy atom. The summed E-state index contributed by atoms with van der Waals surface area (Å²) in [5, 5.41) is 9.46. The Morgan fingerprint density at radius 2 is 2.11 bits per heavy atom. The van der Waals surface area contributed by atoms with Crippen LogP contribution in [0.2, 0.25) is 0 Å². The molecule has 1 aromatic carbocycles. The Bertz CT molecular complexity index is 630. The first-order valence-corrected chi connectivity index (χ1v) is 6.22. The van der Waals surface area contributed by atoms with Crippen molar-refractivity contribution in [2.75, 3.05) is 0 Å². The molecule has 1 aliphatic rings. The minimum absolute atomic E-state index is 0.0183. The van der Waals surface area contributed by atoms with Crippen molar-refractivity contribution >= 4 is 0 Å². The first kappa shape index (κ1) is 11.1. The van der Waals surface area contributed by atoms with Crippen molar-refractivity contribution in [2.24, 2.45) is 0 Å². The van der Waals surface area contributed by atoms with E-state index in [1.807, 2.05) is 24.3 Å². The number of fused-ring (bicyclic) bond motifs is 1. The summed E-state index contributed by atoms with van der Waals surface area (Å²) >= 11 is 0. The van der Waals surface area contributed by atoms with Gasteiger partial charge in [-0.3, -0.25) is 4.79 Å². The van der Waals surface area contributed by atoms with Crippen LogP contribution in [-0.4, -0.2) is 10.1 Å². The molecule has 18 heavy (non-hydrogen) atoms. The van der Waals surface area contributed by atoms with Crippen LogP contribution in [0.4, 0.5) is 0 Å². The fourth-order valence-electron chi connectivity index (χ4n) is 2.76. The SMILES string of the molecule is O=c1[nH]cccc1C1CCc2cc(O)ccc2C1. The molecular weight excluding hydrogens is 226 g/mol. The summed E-state index contributed by atoms with van der Waals surface area (Å²) in [5.41, 5.74) is 3.34. The zero-order valence-electron chi connectivity index (χ0n) is 10.0. The van der Waals surface area contributed by atoms with Gasteiger partial charge in [0.05, 0.1) is 0 Å². The Morgan fingerprint density at radius 1 is 1.22 bits per heavy atom. The number of nitrogens with one attached hydrogen (secondary N) is 1. The third kappa shape index (κ3) is 1.92. The maximum atomic E-state index is 11.8. The molecule has 1 atom stereocenters. The van der Waals surface area contributed by atoms with Gasteiger partial charge in [-0.15, -0.1) is 0 Å². The van der Waals surface area contributed by atoms with Crippen LogP contribution in [0.15, 0.2) is 41.3 Å². The van der Waals surface area contributed by atoms with E-state index in [4.69, 9.17) is 0 Å². The molecule has 0 spiro atoms. The standard InChI is InChI=1S/C15H15NO2/c17-13-6-5-10-8-12(4-3-11(10)9-13)14-2-1-7-16-15(14)18/h1-2,5-7,9,12,17H,3-4,8H2,(H,16,18). The smallest absolute Gasteiger partial charge is 0.251 e. The molecule has 1 unspecified atom stereocenters. The van der Waals surface area contributed by atoms with Gasteiger partial charge in [0.25, 0.3) is 5.56 Å². The highest BCUT2D eigenvalue weighted by Gasteiger charge is 2.22. The maximum Gasteiger partial charge on any atom is 0.251 e. The number of hydrogen-bond donors (Lipinski definition) is 2. The van der Waals surface area contributed by atoms with E-state index in [0.717, 1.165) is 24.8 Å². The van der Waals surface area contributed by atoms with Crippen LogP contribution in [0.3, 0.4) is 0 Å². The Hall–Kier alpha value is -2.03. The van der Waals surface area contributed by atoms with Crippen molar-refractivity contribution in [3.8, 4) is 5.75 Å². The van der Waals surface area contributed by atoms with E-state index < -0.39 is 0 Å². The van der Waals surface area contributed by atoms with Crippen LogP contribution >= 0.6 is 0 Å². The van der Waals surface area contributed by atoms with Gasteiger partial charge in [0.2, 0.25) is 0 Å². The molecule has 3 nitrogen and oxygen atoms in total. The summed E-state index contributed by atoms with van der Waals surface area (Å²) in [6.45, 7) is 0. The first-order chi connectivity index (χ1) is 8.74. The molecule has 1 aromatic heterocycles. The number of aromatic amines is 1. The van der Waals surface area contributed by atoms with E-state index in [1.165, 1.54) is 11.1 Å². The summed E-state index contributed by atoms with van der Waals surface area (Å²) in [4.78, 5) is 14.5. The average molecular weight is 241 g/mol. The molecule has 1 aliphatic carbocycles. The predicted octanol–water partition coefficient (Wildman–Crippen LogP) is 2.35. The quantitative estimate of drug-likeness (QED) is 0.805. The van der Waals surface area contributed by atoms with Crippen LogP contribution in [-0.2, 0) is 12.8 Å². The van der Waals surface area contributed by atoms with Crippen LogP contribution in [0, 0.1) is 0 Å². The number of pyridine rings is 1. The van der Waals surface area contributed by atoms with Crippen LogP contribution in [0.1, 0.15) is 29.0 Å². The van der Waals surface area contributed by atoms with Crippen LogP contribution in [0.5, 0.6) is 5.75 Å². The maximum absolute atomic E-state index is 11.8. The lowest BCUT2D eigenvalue weighted by Crippen LogP contribution is -2.20. The summed E-state index contributed by atoms with van der Waals surface area (Å²) in [6, 6.07) is 9.31. The second-order valence-corrected chi connectivity index (χ2v) is 4.85. The highest BCUT2D eigenvalue weighted by atomic mass is 16.3. The van der Waals surface area contributed by atoms with Gasteiger partial charge < -0.3 is 10.1 Å². The van der Waals surface area contributed by atoms with Gasteiger partial charge in [0.1, 0.15) is 5.75 Å². The lowest BCUT2D eigenvalue weighted by atomic mass is 9.80. The molecule has 0 saturated heterocycles. The zero-order valence-corrected chi connectivity index (χ0v) is 10.0. The fourth-order valence-corrected chi connectivity index (χ4v) is 2.76. The molecule has 3 rings (SSSR count). The van der Waals surface area contributed by atoms with Gasteiger partial charge in [0.15, 0.2) is 0 Å². The highest BCUT2D eigenvalue weighted by molar-refractivity contribution is 5.38. The van der Waals surface area contributed by atoms with Crippen LogP contribution < -0.4 is 5.56 Å². The van der Waals surface area contributed by atoms with Gasteiger partial charge >= 0.3 is 0 Å². The van der Waals surface area contributed by atoms with Gasteiger partial charge in [-0.1, -0.05) is 12.1 Å². The molecule has 92 valence electrons. The Kier molecular flexibility index (Phi) is 2.67. The molecule has 0 saturated carbocycles. The van der Waals surface area contributed by atoms with Gasteiger partial charge in [-0.05, 0) is 54.5 Å². The molecule has 1 heterocycles.